The fourth-order valence-electron chi connectivity index (χ4n) is 0. The first kappa shape index (κ1) is 79.2. The van der Waals surface area contributed by atoms with Crippen molar-refractivity contribution in [3.05, 3.63) is 0 Å². The normalized spacial score (nSPS) is 3.00. The first-order chi connectivity index (χ1) is 3.46. The molecule has 0 amide bonds. The molecule has 0 rings (SSSR count). The number of hydrogen-bond donors (Lipinski definition) is 0. The fraction of sp³-hybridized carbons (Fsp3) is 0. The van der Waals surface area contributed by atoms with Gasteiger partial charge in [0.15, 0.2) is 0 Å². The molecule has 0 unspecified atom stereocenters. The van der Waals surface area contributed by atoms with Crippen LogP contribution < -0.4 is 20.4 Å². The van der Waals surface area contributed by atoms with Crippen LogP contribution in [0.2, 0.25) is 0 Å². The van der Waals surface area contributed by atoms with Crippen molar-refractivity contribution in [1.29, 1.82) is 0 Å². The molecular weight excluding hydrogens is 306 g/mol. The van der Waals surface area contributed by atoms with Crippen molar-refractivity contribution in [1.82, 2.24) is 0 Å². The molecule has 0 bridgehead atoms. The van der Waals surface area contributed by atoms with Gasteiger partial charge in [-0.15, -0.1) is 0 Å². The minimum Gasteiger partial charge on any atom is -0.870 e. The molecule has 0 saturated carbocycles. The predicted molar refractivity (Wildman–Crippen MR) is 49.2 cm³/mol. The van der Waals surface area contributed by atoms with Crippen LogP contribution in [0.5, 0.6) is 0 Å². The molecule has 73 valence electrons. The molecule has 16 heavy (non-hydrogen) atoms. The molecular formula is C2H2Al3Mg3O8. The van der Waals surface area contributed by atoms with Crippen molar-refractivity contribution in [2.45, 2.75) is 0 Å². The van der Waals surface area contributed by atoms with E-state index in [0.29, 0.717) is 0 Å². The topological polar surface area (TPSA) is 186 Å². The van der Waals surface area contributed by atoms with Crippen LogP contribution in [0.1, 0.15) is 0 Å². The second kappa shape index (κ2) is 66.5. The molecule has 2 N–H and O–H groups in total. The van der Waals surface area contributed by atoms with Gasteiger partial charge in [-0.25, -0.2) is 0 Å². The van der Waals surface area contributed by atoms with Gasteiger partial charge in [-0.05, 0) is 12.3 Å². The van der Waals surface area contributed by atoms with Crippen molar-refractivity contribution in [2.24, 2.45) is 0 Å². The molecule has 0 atom stereocenters. The van der Waals surface area contributed by atoms with Crippen LogP contribution in [0, 0.1) is 0 Å². The van der Waals surface area contributed by atoms with Gasteiger partial charge in [0.05, 0.1) is 0 Å². The Morgan fingerprint density at radius 2 is 0.562 bits per heavy atom. The molecule has 8 nitrogen and oxygen atoms in total. The predicted octanol–water partition coefficient (Wildman–Crippen LogP) is -7.53. The van der Waals surface area contributed by atoms with Crippen molar-refractivity contribution in [2.75, 3.05) is 0 Å². The smallest absolute Gasteiger partial charge is 0.870 e. The molecule has 0 fully saturated rings. The third-order valence-electron chi connectivity index (χ3n) is 0. The molecule has 9 radical (unpaired) electrons. The Balaban J connectivity index is -0.00000000375. The Hall–Kier alpha value is 2.36. The van der Waals surface area contributed by atoms with E-state index in [4.69, 9.17) is 30.0 Å². The molecule has 0 aromatic heterocycles. The molecule has 0 heterocycles. The molecule has 0 aromatic rings. The second-order valence-corrected chi connectivity index (χ2v) is 0.500. The van der Waals surface area contributed by atoms with Gasteiger partial charge < -0.3 is 41.0 Å². The molecule has 14 heteroatoms. The minimum absolute atomic E-state index is 0. The van der Waals surface area contributed by atoms with Crippen LogP contribution in [0.15, 0.2) is 0 Å². The van der Waals surface area contributed by atoms with Crippen LogP contribution in [0.3, 0.4) is 0 Å². The summed E-state index contributed by atoms with van der Waals surface area (Å²) < 4.78 is 0. The summed E-state index contributed by atoms with van der Waals surface area (Å²) in [7, 11) is 0. The summed E-state index contributed by atoms with van der Waals surface area (Å²) in [4.78, 5) is 16.7. The van der Waals surface area contributed by atoms with E-state index in [2.05, 4.69) is 0 Å². The average molecular weight is 308 g/mol. The third kappa shape index (κ3) is 695. The summed E-state index contributed by atoms with van der Waals surface area (Å²) >= 11 is 0. The van der Waals surface area contributed by atoms with Gasteiger partial charge in [0.2, 0.25) is 0 Å². The number of carbonyl (C=O) groups excluding carboxylic acids is 2. The number of carbonyl (C=O) groups is 2. The van der Waals surface area contributed by atoms with Crippen LogP contribution in [0.4, 0.5) is 9.59 Å². The molecule has 0 aliphatic heterocycles. The fourth-order valence-corrected chi connectivity index (χ4v) is 0. The summed E-state index contributed by atoms with van der Waals surface area (Å²) in [6.07, 6.45) is -4.67. The monoisotopic (exact) mass is 307 g/mol. The zero-order chi connectivity index (χ0) is 7.15. The van der Waals surface area contributed by atoms with Gasteiger partial charge in [0, 0.05) is 52.1 Å². The van der Waals surface area contributed by atoms with Crippen LogP contribution >= 0.6 is 0 Å². The van der Waals surface area contributed by atoms with Crippen LogP contribution in [-0.4, -0.2) is 145 Å². The van der Waals surface area contributed by atoms with E-state index in [0.717, 1.165) is 0 Å². The first-order valence-electron chi connectivity index (χ1n) is 1.22. The maximum Gasteiger partial charge on any atom is 2.00 e. The van der Waals surface area contributed by atoms with Crippen molar-refractivity contribution < 1.29 is 41.0 Å². The summed E-state index contributed by atoms with van der Waals surface area (Å²) in [5.74, 6) is 0. The maximum absolute atomic E-state index is 8.33. The quantitative estimate of drug-likeness (QED) is 0.394. The number of carboxylic acid groups (broad SMARTS) is 4. The molecule has 0 aliphatic rings. The second-order valence-electron chi connectivity index (χ2n) is 0.500. The van der Waals surface area contributed by atoms with Gasteiger partial charge in [-0.2, -0.15) is 0 Å². The number of rotatable bonds is 0. The molecule has 0 aliphatic carbocycles. The zero-order valence-corrected chi connectivity index (χ0v) is 15.9. The summed E-state index contributed by atoms with van der Waals surface area (Å²) in [6.45, 7) is 0. The Kier molecular flexibility index (Phi) is 329. The van der Waals surface area contributed by atoms with E-state index < -0.39 is 12.3 Å². The van der Waals surface area contributed by atoms with Gasteiger partial charge >= 0.3 is 69.2 Å². The third-order valence-corrected chi connectivity index (χ3v) is 0. The van der Waals surface area contributed by atoms with Gasteiger partial charge in [-0.3, -0.25) is 0 Å². The summed E-state index contributed by atoms with van der Waals surface area (Å²) in [6, 6.07) is 0. The Labute approximate surface area is 172 Å². The number of hydrogen-bond acceptors (Lipinski definition) is 8. The van der Waals surface area contributed by atoms with E-state index in [1.165, 1.54) is 0 Å². The van der Waals surface area contributed by atoms with E-state index in [-0.39, 0.29) is 132 Å². The van der Waals surface area contributed by atoms with Gasteiger partial charge in [0.25, 0.3) is 0 Å². The molecule has 0 aromatic carbocycles. The first-order valence-corrected chi connectivity index (χ1v) is 1.22. The average Bonchev–Trinajstić information content (AvgIpc) is 1.25. The van der Waals surface area contributed by atoms with E-state index in [9.17, 15) is 0 Å². The van der Waals surface area contributed by atoms with Crippen LogP contribution in [-0.2, 0) is 0 Å². The van der Waals surface area contributed by atoms with Crippen molar-refractivity contribution in [3.8, 4) is 0 Å². The van der Waals surface area contributed by atoms with Gasteiger partial charge in [-0.1, -0.05) is 0 Å². The van der Waals surface area contributed by atoms with E-state index >= 15 is 0 Å². The summed E-state index contributed by atoms with van der Waals surface area (Å²) in [5, 5.41) is 33.3. The molecule has 0 saturated heterocycles. The Morgan fingerprint density at radius 3 is 0.562 bits per heavy atom. The summed E-state index contributed by atoms with van der Waals surface area (Å²) in [5.41, 5.74) is 0. The standard InChI is InChI=1S/2CH2O3.3Al.3Mg.2H2O/c2*2-1(3)4;;;;;;;;/h2*(H2,2,3,4);;;;;;;2*1H2/q;;;;;3*+2;;/p-6. The maximum atomic E-state index is 8.33. The van der Waals surface area contributed by atoms with E-state index in [1.807, 2.05) is 0 Å². The molecule has 0 spiro atoms. The van der Waals surface area contributed by atoms with E-state index in [1.54, 1.807) is 0 Å². The Bertz CT molecular complexity index is 86.5. The largest absolute Gasteiger partial charge is 2.00 e. The van der Waals surface area contributed by atoms with Crippen LogP contribution in [0.25, 0.3) is 0 Å². The minimum atomic E-state index is -2.33. The van der Waals surface area contributed by atoms with Gasteiger partial charge in [0.1, 0.15) is 0 Å². The van der Waals surface area contributed by atoms with Crippen molar-refractivity contribution in [3.63, 3.8) is 0 Å². The Morgan fingerprint density at radius 1 is 0.562 bits per heavy atom. The van der Waals surface area contributed by atoms with Crippen molar-refractivity contribution >= 4 is 134 Å². The SMILES string of the molecule is O=C([O-])[O-].O=C([O-])[O-].[Al].[Al].[Al].[Mg+2].[Mg+2].[Mg+2].[OH-].[OH-]. The zero-order valence-electron chi connectivity index (χ0n) is 8.20.